The van der Waals surface area contributed by atoms with E-state index in [2.05, 4.69) is 11.9 Å². The fourth-order valence-corrected chi connectivity index (χ4v) is 5.36. The lowest BCUT2D eigenvalue weighted by atomic mass is 9.68. The molecule has 0 aromatic heterocycles. The van der Waals surface area contributed by atoms with Crippen molar-refractivity contribution in [3.8, 4) is 0 Å². The first kappa shape index (κ1) is 17.6. The van der Waals surface area contributed by atoms with Gasteiger partial charge in [0.1, 0.15) is 0 Å². The summed E-state index contributed by atoms with van der Waals surface area (Å²) in [7, 11) is 2.14. The number of carbonyl (C=O) groups excluding carboxylic acids is 1. The van der Waals surface area contributed by atoms with Crippen molar-refractivity contribution in [2.24, 2.45) is 17.8 Å². The molecule has 1 aliphatic carbocycles. The first-order chi connectivity index (χ1) is 11.5. The van der Waals surface area contributed by atoms with Crippen LogP contribution >= 0.6 is 0 Å². The maximum Gasteiger partial charge on any atom is 0.310 e. The summed E-state index contributed by atoms with van der Waals surface area (Å²) in [4.78, 5) is 26.0. The quantitative estimate of drug-likeness (QED) is 0.438. The smallest absolute Gasteiger partial charge is 0.310 e. The molecular formula is C18H30N2O4. The fraction of sp³-hybridized carbons (Fsp3) is 0.944. The highest BCUT2D eigenvalue weighted by Gasteiger charge is 2.52. The Morgan fingerprint density at radius 3 is 2.54 bits per heavy atom. The molecule has 24 heavy (non-hydrogen) atoms. The molecule has 3 rings (SSSR count). The number of rotatable bonds is 5. The summed E-state index contributed by atoms with van der Waals surface area (Å²) in [5, 5.41) is 11.0. The van der Waals surface area contributed by atoms with Gasteiger partial charge >= 0.3 is 5.97 Å². The minimum Gasteiger partial charge on any atom is -0.465 e. The molecule has 3 aliphatic rings. The Hall–Kier alpha value is -1.17. The lowest BCUT2D eigenvalue weighted by Gasteiger charge is -2.45. The predicted octanol–water partition coefficient (Wildman–Crippen LogP) is 2.87. The van der Waals surface area contributed by atoms with Crippen LogP contribution in [0.1, 0.15) is 58.3 Å². The van der Waals surface area contributed by atoms with Crippen LogP contribution in [0.3, 0.4) is 0 Å². The van der Waals surface area contributed by atoms with Gasteiger partial charge in [-0.3, -0.25) is 19.8 Å². The van der Waals surface area contributed by atoms with Crippen LogP contribution in [0.5, 0.6) is 0 Å². The van der Waals surface area contributed by atoms with E-state index in [4.69, 9.17) is 4.74 Å². The average molecular weight is 338 g/mol. The van der Waals surface area contributed by atoms with E-state index in [1.54, 1.807) is 0 Å². The van der Waals surface area contributed by atoms with Gasteiger partial charge in [0.25, 0.3) is 0 Å². The van der Waals surface area contributed by atoms with Crippen molar-refractivity contribution in [3.63, 3.8) is 0 Å². The van der Waals surface area contributed by atoms with E-state index in [9.17, 15) is 14.9 Å². The molecule has 0 aromatic carbocycles. The zero-order valence-corrected chi connectivity index (χ0v) is 14.9. The molecule has 2 heterocycles. The van der Waals surface area contributed by atoms with Gasteiger partial charge in [0.15, 0.2) is 0 Å². The van der Waals surface area contributed by atoms with Gasteiger partial charge in [-0.25, -0.2) is 0 Å². The van der Waals surface area contributed by atoms with Crippen molar-refractivity contribution in [2.75, 3.05) is 13.7 Å². The number of carbonyl (C=O) groups is 1. The number of fused-ring (bicyclic) bond motifs is 2. The van der Waals surface area contributed by atoms with Crippen LogP contribution in [-0.2, 0) is 9.53 Å². The number of hydrogen-bond acceptors (Lipinski definition) is 5. The van der Waals surface area contributed by atoms with Crippen molar-refractivity contribution >= 4 is 5.97 Å². The molecule has 0 spiro atoms. The normalized spacial score (nSPS) is 39.6. The van der Waals surface area contributed by atoms with Gasteiger partial charge < -0.3 is 4.74 Å². The second-order valence-electron chi connectivity index (χ2n) is 7.91. The third-order valence-corrected chi connectivity index (χ3v) is 6.68. The Morgan fingerprint density at radius 2 is 1.92 bits per heavy atom. The van der Waals surface area contributed by atoms with Gasteiger partial charge in [-0.15, -0.1) is 0 Å². The highest BCUT2D eigenvalue weighted by atomic mass is 16.6. The van der Waals surface area contributed by atoms with Gasteiger partial charge in [-0.05, 0) is 57.4 Å². The molecule has 1 saturated carbocycles. The summed E-state index contributed by atoms with van der Waals surface area (Å²) >= 11 is 0. The fourth-order valence-electron chi connectivity index (χ4n) is 5.36. The summed E-state index contributed by atoms with van der Waals surface area (Å²) in [6.07, 6.45) is 7.24. The minimum absolute atomic E-state index is 0.0320. The summed E-state index contributed by atoms with van der Waals surface area (Å²) < 4.78 is 5.54. The molecule has 2 aliphatic heterocycles. The molecular weight excluding hydrogens is 308 g/mol. The van der Waals surface area contributed by atoms with Crippen LogP contribution in [0.25, 0.3) is 0 Å². The molecule has 0 N–H and O–H groups in total. The average Bonchev–Trinajstić information content (AvgIpc) is 2.82. The zero-order chi connectivity index (χ0) is 17.3. The van der Waals surface area contributed by atoms with Gasteiger partial charge in [0.05, 0.1) is 12.5 Å². The maximum absolute atomic E-state index is 12.8. The Bertz CT molecular complexity index is 476. The highest BCUT2D eigenvalue weighted by molar-refractivity contribution is 5.74. The van der Waals surface area contributed by atoms with Crippen LogP contribution in [0.4, 0.5) is 0 Å². The molecule has 0 aromatic rings. The Morgan fingerprint density at radius 1 is 1.21 bits per heavy atom. The number of esters is 1. The molecule has 2 saturated heterocycles. The topological polar surface area (TPSA) is 72.7 Å². The van der Waals surface area contributed by atoms with Crippen LogP contribution in [0.2, 0.25) is 0 Å². The molecule has 4 atom stereocenters. The monoisotopic (exact) mass is 338 g/mol. The largest absolute Gasteiger partial charge is 0.465 e. The minimum atomic E-state index is -0.380. The third-order valence-electron chi connectivity index (χ3n) is 6.68. The second-order valence-corrected chi connectivity index (χ2v) is 7.91. The molecule has 4 unspecified atom stereocenters. The molecule has 0 amide bonds. The van der Waals surface area contributed by atoms with Crippen molar-refractivity contribution in [1.29, 1.82) is 0 Å². The van der Waals surface area contributed by atoms with E-state index in [0.29, 0.717) is 43.4 Å². The number of ether oxygens (including phenoxy) is 1. The predicted molar refractivity (Wildman–Crippen MR) is 90.2 cm³/mol. The lowest BCUT2D eigenvalue weighted by molar-refractivity contribution is -0.527. The Kier molecular flexibility index (Phi) is 5.42. The number of nitrogens with zero attached hydrogens (tertiary/aromatic N) is 2. The lowest BCUT2D eigenvalue weighted by Crippen LogP contribution is -2.52. The van der Waals surface area contributed by atoms with Crippen LogP contribution < -0.4 is 0 Å². The molecule has 6 heteroatoms. The van der Waals surface area contributed by atoms with E-state index in [1.165, 1.54) is 6.42 Å². The van der Waals surface area contributed by atoms with Crippen molar-refractivity contribution in [2.45, 2.75) is 76.4 Å². The molecule has 2 bridgehead atoms. The summed E-state index contributed by atoms with van der Waals surface area (Å²) in [6, 6.07) is 0.490. The summed E-state index contributed by atoms with van der Waals surface area (Å²) in [5.41, 5.74) is 0. The van der Waals surface area contributed by atoms with Crippen LogP contribution in [-0.4, -0.2) is 47.6 Å². The summed E-state index contributed by atoms with van der Waals surface area (Å²) in [5.74, 6) is 0.709. The number of nitro groups is 1. The van der Waals surface area contributed by atoms with E-state index in [0.717, 1.165) is 32.1 Å². The first-order valence-electron chi connectivity index (χ1n) is 9.55. The molecule has 0 radical (unpaired) electrons. The van der Waals surface area contributed by atoms with Crippen LogP contribution in [0.15, 0.2) is 0 Å². The van der Waals surface area contributed by atoms with E-state index in [1.807, 2.05) is 6.92 Å². The second kappa shape index (κ2) is 7.38. The Balaban J connectivity index is 1.72. The van der Waals surface area contributed by atoms with Gasteiger partial charge in [0.2, 0.25) is 6.04 Å². The van der Waals surface area contributed by atoms with Gasteiger partial charge in [0, 0.05) is 29.8 Å². The van der Waals surface area contributed by atoms with E-state index in [-0.39, 0.29) is 22.9 Å². The van der Waals surface area contributed by atoms with Gasteiger partial charge in [-0.2, -0.15) is 0 Å². The van der Waals surface area contributed by atoms with Crippen molar-refractivity contribution in [3.05, 3.63) is 10.1 Å². The van der Waals surface area contributed by atoms with Crippen molar-refractivity contribution < 1.29 is 14.5 Å². The molecule has 136 valence electrons. The third kappa shape index (κ3) is 3.30. The standard InChI is InChI=1S/C18H30N2O4/c1-3-10-24-18(21)17-15(11-14-8-9-16(17)19(14)2)12-4-6-13(7-5-12)20(22)23/h12-17H,3-11H2,1-2H3. The van der Waals surface area contributed by atoms with Crippen molar-refractivity contribution in [1.82, 2.24) is 4.90 Å². The van der Waals surface area contributed by atoms with E-state index < -0.39 is 0 Å². The maximum atomic E-state index is 12.8. The molecule has 3 fully saturated rings. The Labute approximate surface area is 144 Å². The SMILES string of the molecule is CCCOC(=O)C1C(C2CCC([N+](=O)[O-])CC2)CC2CCC1N2C. The summed E-state index contributed by atoms with van der Waals surface area (Å²) in [6.45, 7) is 2.51. The van der Waals surface area contributed by atoms with E-state index >= 15 is 0 Å². The first-order valence-corrected chi connectivity index (χ1v) is 9.55. The number of piperidine rings is 1. The highest BCUT2D eigenvalue weighted by Crippen LogP contribution is 2.48. The van der Waals surface area contributed by atoms with Gasteiger partial charge in [-0.1, -0.05) is 6.92 Å². The zero-order valence-electron chi connectivity index (χ0n) is 14.9. The number of hydrogen-bond donors (Lipinski definition) is 0. The molecule has 6 nitrogen and oxygen atoms in total. The van der Waals surface area contributed by atoms with Crippen LogP contribution in [0, 0.1) is 27.9 Å².